The molecule has 0 aliphatic carbocycles. The van der Waals surface area contributed by atoms with Crippen LogP contribution in [-0.4, -0.2) is 38.0 Å². The molecule has 2 rings (SSSR count). The van der Waals surface area contributed by atoms with Gasteiger partial charge in [0.15, 0.2) is 0 Å². The van der Waals surface area contributed by atoms with Crippen molar-refractivity contribution < 1.29 is 9.84 Å². The van der Waals surface area contributed by atoms with Gasteiger partial charge in [0.25, 0.3) is 0 Å². The Kier molecular flexibility index (Phi) is 9.04. The maximum Gasteiger partial charge on any atom is 0.124 e. The zero-order valence-corrected chi connectivity index (χ0v) is 13.7. The highest BCUT2D eigenvalue weighted by Gasteiger charge is 2.12. The van der Waals surface area contributed by atoms with Crippen molar-refractivity contribution in [1.82, 2.24) is 10.6 Å². The number of aliphatic hydroxyl groups excluding tert-OH is 1. The van der Waals surface area contributed by atoms with E-state index in [0.29, 0.717) is 11.6 Å². The Morgan fingerprint density at radius 1 is 1.33 bits per heavy atom. The molecule has 0 aromatic heterocycles. The Bertz CT molecular complexity index is 413. The molecule has 1 fully saturated rings. The third kappa shape index (κ3) is 6.41. The first-order chi connectivity index (χ1) is 9.79. The largest absolute Gasteiger partial charge is 0.491 e. The van der Waals surface area contributed by atoms with E-state index in [1.165, 1.54) is 12.8 Å². The molecular weight excluding hydrogens is 311 g/mol. The molecule has 6 heteroatoms. The summed E-state index contributed by atoms with van der Waals surface area (Å²) in [6, 6.07) is 5.59. The molecule has 0 saturated carbocycles. The summed E-state index contributed by atoms with van der Waals surface area (Å²) in [5.41, 5.74) is 1.04. The Balaban J connectivity index is 0.00000220. The zero-order chi connectivity index (χ0) is 14.2. The number of halogens is 2. The third-order valence-electron chi connectivity index (χ3n) is 3.58. The van der Waals surface area contributed by atoms with Crippen LogP contribution in [0.4, 0.5) is 0 Å². The lowest BCUT2D eigenvalue weighted by Gasteiger charge is -2.23. The second kappa shape index (κ2) is 10.2. The van der Waals surface area contributed by atoms with Gasteiger partial charge in [-0.15, -0.1) is 12.4 Å². The van der Waals surface area contributed by atoms with Crippen LogP contribution in [0, 0.1) is 5.92 Å². The van der Waals surface area contributed by atoms with Gasteiger partial charge in [-0.05, 0) is 56.6 Å². The number of piperidine rings is 1. The van der Waals surface area contributed by atoms with Crippen molar-refractivity contribution in [3.8, 4) is 5.75 Å². The third-order valence-corrected chi connectivity index (χ3v) is 3.81. The van der Waals surface area contributed by atoms with E-state index in [9.17, 15) is 0 Å². The maximum absolute atomic E-state index is 8.85. The van der Waals surface area contributed by atoms with E-state index in [0.717, 1.165) is 43.4 Å². The van der Waals surface area contributed by atoms with E-state index in [4.69, 9.17) is 21.4 Å². The van der Waals surface area contributed by atoms with E-state index >= 15 is 0 Å². The summed E-state index contributed by atoms with van der Waals surface area (Å²) in [7, 11) is 0. The quantitative estimate of drug-likeness (QED) is 0.715. The van der Waals surface area contributed by atoms with E-state index < -0.39 is 0 Å². The van der Waals surface area contributed by atoms with Crippen LogP contribution < -0.4 is 15.4 Å². The van der Waals surface area contributed by atoms with Crippen LogP contribution in [0.3, 0.4) is 0 Å². The highest BCUT2D eigenvalue weighted by Crippen LogP contribution is 2.23. The predicted octanol–water partition coefficient (Wildman–Crippen LogP) is 2.22. The van der Waals surface area contributed by atoms with Gasteiger partial charge in [0.1, 0.15) is 12.4 Å². The summed E-state index contributed by atoms with van der Waals surface area (Å²) in [5.74, 6) is 1.54. The summed E-state index contributed by atoms with van der Waals surface area (Å²) < 4.78 is 5.53. The van der Waals surface area contributed by atoms with Gasteiger partial charge in [0, 0.05) is 17.1 Å². The highest BCUT2D eigenvalue weighted by atomic mass is 35.5. The van der Waals surface area contributed by atoms with Crippen molar-refractivity contribution in [1.29, 1.82) is 0 Å². The number of benzene rings is 1. The van der Waals surface area contributed by atoms with Gasteiger partial charge >= 0.3 is 0 Å². The molecule has 0 amide bonds. The van der Waals surface area contributed by atoms with Gasteiger partial charge < -0.3 is 20.5 Å². The first-order valence-electron chi connectivity index (χ1n) is 7.23. The Morgan fingerprint density at radius 2 is 2.10 bits per heavy atom. The molecule has 120 valence electrons. The molecule has 0 spiro atoms. The van der Waals surface area contributed by atoms with E-state index in [1.807, 2.05) is 18.2 Å². The van der Waals surface area contributed by atoms with Crippen LogP contribution in [-0.2, 0) is 6.54 Å². The fourth-order valence-corrected chi connectivity index (χ4v) is 2.67. The summed E-state index contributed by atoms with van der Waals surface area (Å²) >= 11 is 6.04. The van der Waals surface area contributed by atoms with Gasteiger partial charge in [-0.3, -0.25) is 0 Å². The molecule has 1 aliphatic rings. The summed E-state index contributed by atoms with van der Waals surface area (Å²) in [5, 5.41) is 16.4. The van der Waals surface area contributed by atoms with E-state index in [1.54, 1.807) is 0 Å². The molecule has 1 aliphatic heterocycles. The molecule has 1 aromatic rings. The number of hydrogen-bond donors (Lipinski definition) is 3. The molecule has 3 N–H and O–H groups in total. The average molecular weight is 335 g/mol. The summed E-state index contributed by atoms with van der Waals surface area (Å²) in [6.45, 7) is 4.33. The van der Waals surface area contributed by atoms with Crippen LogP contribution >= 0.6 is 24.0 Å². The molecule has 4 nitrogen and oxygen atoms in total. The van der Waals surface area contributed by atoms with Gasteiger partial charge in [0.05, 0.1) is 6.61 Å². The first kappa shape index (κ1) is 18.5. The van der Waals surface area contributed by atoms with Crippen molar-refractivity contribution in [2.24, 2.45) is 5.92 Å². The van der Waals surface area contributed by atoms with Crippen LogP contribution in [0.2, 0.25) is 5.02 Å². The normalized spacial score (nSPS) is 15.5. The first-order valence-corrected chi connectivity index (χ1v) is 7.61. The summed E-state index contributed by atoms with van der Waals surface area (Å²) in [6.07, 6.45) is 2.47. The van der Waals surface area contributed by atoms with Crippen molar-refractivity contribution >= 4 is 24.0 Å². The highest BCUT2D eigenvalue weighted by molar-refractivity contribution is 6.30. The van der Waals surface area contributed by atoms with Crippen LogP contribution in [0.5, 0.6) is 5.75 Å². The van der Waals surface area contributed by atoms with Crippen LogP contribution in [0.1, 0.15) is 18.4 Å². The Morgan fingerprint density at radius 3 is 2.81 bits per heavy atom. The van der Waals surface area contributed by atoms with Crippen molar-refractivity contribution in [2.45, 2.75) is 19.4 Å². The average Bonchev–Trinajstić information content (AvgIpc) is 2.47. The Labute approximate surface area is 137 Å². The Hall–Kier alpha value is -0.520. The van der Waals surface area contributed by atoms with E-state index in [2.05, 4.69) is 10.6 Å². The molecule has 1 aromatic carbocycles. The fraction of sp³-hybridized carbons (Fsp3) is 0.600. The molecular formula is C15H24Cl2N2O2. The molecule has 0 unspecified atom stereocenters. The lowest BCUT2D eigenvalue weighted by molar-refractivity contribution is 0.200. The topological polar surface area (TPSA) is 53.5 Å². The lowest BCUT2D eigenvalue weighted by Crippen LogP contribution is -2.33. The molecule has 21 heavy (non-hydrogen) atoms. The number of nitrogens with one attached hydrogen (secondary N) is 2. The van der Waals surface area contributed by atoms with Gasteiger partial charge in [-0.25, -0.2) is 0 Å². The number of rotatable bonds is 7. The van der Waals surface area contributed by atoms with Crippen LogP contribution in [0.15, 0.2) is 18.2 Å². The standard InChI is InChI=1S/C15H23ClN2O2.ClH/c16-14-1-2-15(20-8-7-19)13(9-14)11-18-10-12-3-5-17-6-4-12;/h1-2,9,12,17-19H,3-8,10-11H2;1H. The monoisotopic (exact) mass is 334 g/mol. The SMILES string of the molecule is Cl.OCCOc1ccc(Cl)cc1CNCC1CCNCC1. The molecule has 0 atom stereocenters. The maximum atomic E-state index is 8.85. The number of hydrogen-bond acceptors (Lipinski definition) is 4. The van der Waals surface area contributed by atoms with Crippen molar-refractivity contribution in [3.05, 3.63) is 28.8 Å². The molecule has 1 saturated heterocycles. The zero-order valence-electron chi connectivity index (χ0n) is 12.1. The number of aliphatic hydroxyl groups is 1. The lowest BCUT2D eigenvalue weighted by atomic mass is 9.98. The van der Waals surface area contributed by atoms with Crippen LogP contribution in [0.25, 0.3) is 0 Å². The van der Waals surface area contributed by atoms with Crippen molar-refractivity contribution in [3.63, 3.8) is 0 Å². The fourth-order valence-electron chi connectivity index (χ4n) is 2.48. The number of ether oxygens (including phenoxy) is 1. The van der Waals surface area contributed by atoms with Crippen molar-refractivity contribution in [2.75, 3.05) is 32.8 Å². The molecule has 0 bridgehead atoms. The summed E-state index contributed by atoms with van der Waals surface area (Å²) in [4.78, 5) is 0. The molecule has 1 heterocycles. The van der Waals surface area contributed by atoms with E-state index in [-0.39, 0.29) is 19.0 Å². The predicted molar refractivity (Wildman–Crippen MR) is 88.6 cm³/mol. The second-order valence-corrected chi connectivity index (χ2v) is 5.58. The minimum Gasteiger partial charge on any atom is -0.491 e. The van der Waals surface area contributed by atoms with Gasteiger partial charge in [0.2, 0.25) is 0 Å². The van der Waals surface area contributed by atoms with Gasteiger partial charge in [-0.1, -0.05) is 11.6 Å². The minimum atomic E-state index is 0. The second-order valence-electron chi connectivity index (χ2n) is 5.15. The minimum absolute atomic E-state index is 0. The smallest absolute Gasteiger partial charge is 0.124 e. The molecule has 0 radical (unpaired) electrons. The van der Waals surface area contributed by atoms with Gasteiger partial charge in [-0.2, -0.15) is 0 Å².